The highest BCUT2D eigenvalue weighted by atomic mass is 16.2. The SMILES string of the molecule is O=C1CCCCCCCCCC1=O. The second kappa shape index (κ2) is 5.90. The molecule has 0 saturated heterocycles. The van der Waals surface area contributed by atoms with E-state index in [9.17, 15) is 9.59 Å². The third-order valence-electron chi connectivity index (χ3n) is 2.62. The van der Waals surface area contributed by atoms with Crippen molar-refractivity contribution < 1.29 is 9.59 Å². The summed E-state index contributed by atoms with van der Waals surface area (Å²) in [6.45, 7) is 0. The first kappa shape index (κ1) is 10.4. The van der Waals surface area contributed by atoms with Gasteiger partial charge in [0.15, 0.2) is 11.6 Å². The Balaban J connectivity index is 2.35. The topological polar surface area (TPSA) is 34.1 Å². The second-order valence-corrected chi connectivity index (χ2v) is 3.82. The predicted molar refractivity (Wildman–Crippen MR) is 51.6 cm³/mol. The standard InChI is InChI=1S/C11H18O2/c12-10-8-6-4-2-1-3-5-7-9-11(10)13/h1-9H2. The van der Waals surface area contributed by atoms with Crippen molar-refractivity contribution in [3.8, 4) is 0 Å². The zero-order valence-corrected chi connectivity index (χ0v) is 8.18. The van der Waals surface area contributed by atoms with E-state index in [-0.39, 0.29) is 11.6 Å². The fourth-order valence-electron chi connectivity index (χ4n) is 1.73. The minimum atomic E-state index is -0.137. The lowest BCUT2D eigenvalue weighted by molar-refractivity contribution is -0.136. The number of carbonyl (C=O) groups is 2. The van der Waals surface area contributed by atoms with Crippen LogP contribution in [0.3, 0.4) is 0 Å². The fourth-order valence-corrected chi connectivity index (χ4v) is 1.73. The largest absolute Gasteiger partial charge is 0.291 e. The van der Waals surface area contributed by atoms with E-state index in [4.69, 9.17) is 0 Å². The smallest absolute Gasteiger partial charge is 0.198 e. The molecule has 0 radical (unpaired) electrons. The Kier molecular flexibility index (Phi) is 4.73. The first-order chi connectivity index (χ1) is 6.30. The van der Waals surface area contributed by atoms with Gasteiger partial charge in [0.25, 0.3) is 0 Å². The number of rotatable bonds is 0. The molecular formula is C11H18O2. The Labute approximate surface area is 79.7 Å². The molecule has 0 aromatic heterocycles. The third-order valence-corrected chi connectivity index (χ3v) is 2.62. The number of hydrogen-bond donors (Lipinski definition) is 0. The Hall–Kier alpha value is -0.660. The summed E-state index contributed by atoms with van der Waals surface area (Å²) < 4.78 is 0. The minimum Gasteiger partial charge on any atom is -0.291 e. The summed E-state index contributed by atoms with van der Waals surface area (Å²) in [5.41, 5.74) is 0. The molecule has 1 aliphatic rings. The molecule has 2 nitrogen and oxygen atoms in total. The van der Waals surface area contributed by atoms with Crippen molar-refractivity contribution in [2.24, 2.45) is 0 Å². The van der Waals surface area contributed by atoms with Crippen molar-refractivity contribution in [3.05, 3.63) is 0 Å². The quantitative estimate of drug-likeness (QED) is 0.540. The van der Waals surface area contributed by atoms with Crippen molar-refractivity contribution >= 4 is 11.6 Å². The Morgan fingerprint density at radius 3 is 1.23 bits per heavy atom. The van der Waals surface area contributed by atoms with Gasteiger partial charge >= 0.3 is 0 Å². The van der Waals surface area contributed by atoms with Gasteiger partial charge in [0.05, 0.1) is 0 Å². The second-order valence-electron chi connectivity index (χ2n) is 3.82. The van der Waals surface area contributed by atoms with Crippen molar-refractivity contribution in [1.82, 2.24) is 0 Å². The molecule has 1 aliphatic carbocycles. The molecule has 0 bridgehead atoms. The summed E-state index contributed by atoms with van der Waals surface area (Å²) in [4.78, 5) is 22.4. The van der Waals surface area contributed by atoms with E-state index >= 15 is 0 Å². The van der Waals surface area contributed by atoms with Crippen LogP contribution in [0.1, 0.15) is 57.8 Å². The van der Waals surface area contributed by atoms with Gasteiger partial charge in [0, 0.05) is 12.8 Å². The van der Waals surface area contributed by atoms with E-state index in [2.05, 4.69) is 0 Å². The van der Waals surface area contributed by atoms with Crippen LogP contribution < -0.4 is 0 Å². The zero-order valence-electron chi connectivity index (χ0n) is 8.18. The van der Waals surface area contributed by atoms with Crippen molar-refractivity contribution in [2.75, 3.05) is 0 Å². The summed E-state index contributed by atoms with van der Waals surface area (Å²) in [6.07, 6.45) is 8.72. The predicted octanol–water partition coefficient (Wildman–Crippen LogP) is 2.65. The van der Waals surface area contributed by atoms with E-state index in [0.717, 1.165) is 25.7 Å². The van der Waals surface area contributed by atoms with Crippen molar-refractivity contribution in [2.45, 2.75) is 57.8 Å². The third kappa shape index (κ3) is 4.20. The van der Waals surface area contributed by atoms with Gasteiger partial charge in [-0.25, -0.2) is 0 Å². The van der Waals surface area contributed by atoms with Crippen molar-refractivity contribution in [1.29, 1.82) is 0 Å². The molecular weight excluding hydrogens is 164 g/mol. The van der Waals surface area contributed by atoms with Gasteiger partial charge in [-0.1, -0.05) is 32.1 Å². The molecule has 0 unspecified atom stereocenters. The average molecular weight is 182 g/mol. The van der Waals surface area contributed by atoms with Gasteiger partial charge in [-0.15, -0.1) is 0 Å². The maximum Gasteiger partial charge on any atom is 0.198 e. The summed E-state index contributed by atoms with van der Waals surface area (Å²) >= 11 is 0. The van der Waals surface area contributed by atoms with Crippen LogP contribution in [-0.2, 0) is 9.59 Å². The summed E-state index contributed by atoms with van der Waals surface area (Å²) in [5, 5.41) is 0. The lowest BCUT2D eigenvalue weighted by atomic mass is 10.1. The molecule has 1 fully saturated rings. The molecule has 0 heterocycles. The maximum atomic E-state index is 11.2. The highest BCUT2D eigenvalue weighted by Gasteiger charge is 2.12. The van der Waals surface area contributed by atoms with Crippen LogP contribution in [0, 0.1) is 0 Å². The molecule has 74 valence electrons. The van der Waals surface area contributed by atoms with Gasteiger partial charge < -0.3 is 0 Å². The molecule has 0 spiro atoms. The highest BCUT2D eigenvalue weighted by molar-refractivity contribution is 6.37. The molecule has 0 amide bonds. The maximum absolute atomic E-state index is 11.2. The van der Waals surface area contributed by atoms with Crippen LogP contribution in [0.15, 0.2) is 0 Å². The molecule has 0 aromatic rings. The van der Waals surface area contributed by atoms with Gasteiger partial charge in [-0.3, -0.25) is 9.59 Å². The van der Waals surface area contributed by atoms with E-state index in [0.29, 0.717) is 12.8 Å². The number of carbonyl (C=O) groups excluding carboxylic acids is 2. The Morgan fingerprint density at radius 1 is 0.538 bits per heavy atom. The average Bonchev–Trinajstić information content (AvgIpc) is 2.16. The van der Waals surface area contributed by atoms with E-state index < -0.39 is 0 Å². The lowest BCUT2D eigenvalue weighted by Gasteiger charge is -1.97. The molecule has 1 rings (SSSR count). The number of Topliss-reactive ketones (excluding diaryl/α,β-unsaturated/α-hetero) is 2. The fraction of sp³-hybridized carbons (Fsp3) is 0.818. The molecule has 0 atom stereocenters. The number of ketones is 2. The molecule has 13 heavy (non-hydrogen) atoms. The Bertz CT molecular complexity index is 165. The monoisotopic (exact) mass is 182 g/mol. The minimum absolute atomic E-state index is 0.137. The van der Waals surface area contributed by atoms with Gasteiger partial charge in [-0.05, 0) is 12.8 Å². The van der Waals surface area contributed by atoms with Gasteiger partial charge in [0.2, 0.25) is 0 Å². The summed E-state index contributed by atoms with van der Waals surface area (Å²) in [6, 6.07) is 0. The van der Waals surface area contributed by atoms with Gasteiger partial charge in [0.1, 0.15) is 0 Å². The number of hydrogen-bond acceptors (Lipinski definition) is 2. The molecule has 0 aromatic carbocycles. The lowest BCUT2D eigenvalue weighted by Crippen LogP contribution is -2.12. The first-order valence-corrected chi connectivity index (χ1v) is 5.37. The summed E-state index contributed by atoms with van der Waals surface area (Å²) in [5.74, 6) is -0.274. The normalized spacial score (nSPS) is 22.5. The molecule has 1 saturated carbocycles. The zero-order chi connectivity index (χ0) is 9.52. The van der Waals surface area contributed by atoms with Crippen molar-refractivity contribution in [3.63, 3.8) is 0 Å². The molecule has 0 N–H and O–H groups in total. The molecule has 0 aliphatic heterocycles. The van der Waals surface area contributed by atoms with Crippen LogP contribution in [0.2, 0.25) is 0 Å². The highest BCUT2D eigenvalue weighted by Crippen LogP contribution is 2.12. The van der Waals surface area contributed by atoms with Crippen LogP contribution in [-0.4, -0.2) is 11.6 Å². The van der Waals surface area contributed by atoms with Gasteiger partial charge in [-0.2, -0.15) is 0 Å². The molecule has 2 heteroatoms. The van der Waals surface area contributed by atoms with E-state index in [1.54, 1.807) is 0 Å². The van der Waals surface area contributed by atoms with Crippen LogP contribution in [0.4, 0.5) is 0 Å². The first-order valence-electron chi connectivity index (χ1n) is 5.37. The van der Waals surface area contributed by atoms with Crippen LogP contribution in [0.5, 0.6) is 0 Å². The van der Waals surface area contributed by atoms with E-state index in [1.165, 1.54) is 19.3 Å². The van der Waals surface area contributed by atoms with Crippen LogP contribution in [0.25, 0.3) is 0 Å². The van der Waals surface area contributed by atoms with Crippen LogP contribution >= 0.6 is 0 Å². The summed E-state index contributed by atoms with van der Waals surface area (Å²) in [7, 11) is 0. The van der Waals surface area contributed by atoms with E-state index in [1.807, 2.05) is 0 Å². The Morgan fingerprint density at radius 2 is 0.846 bits per heavy atom.